The van der Waals surface area contributed by atoms with E-state index in [-0.39, 0.29) is 37.3 Å². The minimum absolute atomic E-state index is 0.0169. The van der Waals surface area contributed by atoms with Gasteiger partial charge in [-0.2, -0.15) is 0 Å². The molecule has 0 aromatic heterocycles. The molecule has 2 unspecified atom stereocenters. The van der Waals surface area contributed by atoms with E-state index < -0.39 is 78.8 Å². The molecule has 3 aliphatic rings. The molecule has 1 amide bonds. The van der Waals surface area contributed by atoms with Crippen molar-refractivity contribution < 1.29 is 49.3 Å². The maximum Gasteiger partial charge on any atom is 0.251 e. The van der Waals surface area contributed by atoms with Crippen molar-refractivity contribution in [2.24, 2.45) is 17.2 Å². The van der Waals surface area contributed by atoms with Gasteiger partial charge in [0.05, 0.1) is 30.8 Å². The zero-order valence-corrected chi connectivity index (χ0v) is 27.7. The Bertz CT molecular complexity index is 952. The summed E-state index contributed by atoms with van der Waals surface area (Å²) < 4.78 is 24.8. The van der Waals surface area contributed by atoms with Gasteiger partial charge in [-0.15, -0.1) is 0 Å². The van der Waals surface area contributed by atoms with Crippen LogP contribution in [0.5, 0.6) is 0 Å². The van der Waals surface area contributed by atoms with Crippen LogP contribution in [0.4, 0.5) is 0 Å². The quantitative estimate of drug-likeness (QED) is 0.0729. The van der Waals surface area contributed by atoms with Crippen LogP contribution in [0, 0.1) is 0 Å². The van der Waals surface area contributed by atoms with Crippen molar-refractivity contribution in [1.29, 1.82) is 0 Å². The van der Waals surface area contributed by atoms with E-state index in [1.807, 2.05) is 20.9 Å². The first-order valence-electron chi connectivity index (χ1n) is 16.2. The number of amides is 1. The van der Waals surface area contributed by atoms with Crippen molar-refractivity contribution in [3.05, 3.63) is 0 Å². The first-order valence-corrected chi connectivity index (χ1v) is 16.2. The van der Waals surface area contributed by atoms with Gasteiger partial charge in [-0.3, -0.25) is 4.79 Å². The number of hydrogen-bond donors (Lipinski definition) is 12. The van der Waals surface area contributed by atoms with Crippen molar-refractivity contribution in [3.8, 4) is 0 Å². The summed E-state index contributed by atoms with van der Waals surface area (Å²) in [4.78, 5) is 12.9. The molecule has 14 atom stereocenters. The van der Waals surface area contributed by atoms with Crippen molar-refractivity contribution in [1.82, 2.24) is 21.3 Å². The number of aliphatic hydroxyl groups excluding tert-OH is 4. The molecular weight excluding hydrogens is 606 g/mol. The number of aliphatic hydroxyl groups is 5. The van der Waals surface area contributed by atoms with E-state index in [0.717, 1.165) is 19.3 Å². The maximum absolute atomic E-state index is 12.9. The lowest BCUT2D eigenvalue weighted by Gasteiger charge is -2.50. The van der Waals surface area contributed by atoms with Crippen LogP contribution in [-0.4, -0.2) is 162 Å². The van der Waals surface area contributed by atoms with Gasteiger partial charge >= 0.3 is 0 Å². The Balaban J connectivity index is 1.88. The zero-order chi connectivity index (χ0) is 34.4. The fourth-order valence-corrected chi connectivity index (χ4v) is 6.38. The number of ether oxygens (including phenoxy) is 4. The van der Waals surface area contributed by atoms with Crippen molar-refractivity contribution in [2.75, 3.05) is 40.3 Å². The predicted molar refractivity (Wildman–Crippen MR) is 167 cm³/mol. The SMILES string of the molecule is CN[C@@H]1[C@@H](O)[C@@H](O[C@@H]2[C@@H](O)[C@H](O[C@H]3O[C@H](C(C)(C)NC)CC[C@H]3NCCCN)[C@@H](N)C[C@H]2NC(=O)C(O)C(O)CN)OC[C@]1(C)O. The van der Waals surface area contributed by atoms with E-state index in [2.05, 4.69) is 21.3 Å². The van der Waals surface area contributed by atoms with Gasteiger partial charge in [-0.05, 0) is 73.6 Å². The first kappa shape index (κ1) is 39.3. The van der Waals surface area contributed by atoms with Crippen LogP contribution < -0.4 is 38.5 Å². The summed E-state index contributed by atoms with van der Waals surface area (Å²) >= 11 is 0. The van der Waals surface area contributed by atoms with Crippen LogP contribution in [0.1, 0.15) is 46.5 Å². The van der Waals surface area contributed by atoms with Gasteiger partial charge in [0, 0.05) is 18.1 Å². The Morgan fingerprint density at radius 3 is 2.35 bits per heavy atom. The highest BCUT2D eigenvalue weighted by Gasteiger charge is 2.52. The summed E-state index contributed by atoms with van der Waals surface area (Å²) in [5.41, 5.74) is 15.9. The Morgan fingerprint density at radius 1 is 1.07 bits per heavy atom. The molecule has 1 saturated carbocycles. The molecule has 2 aliphatic heterocycles. The lowest BCUT2D eigenvalue weighted by Crippen LogP contribution is -2.70. The number of rotatable bonds is 15. The van der Waals surface area contributed by atoms with Crippen LogP contribution >= 0.6 is 0 Å². The number of nitrogens with two attached hydrogens (primary N) is 3. The van der Waals surface area contributed by atoms with E-state index in [4.69, 9.17) is 36.1 Å². The third-order valence-corrected chi connectivity index (χ3v) is 9.55. The lowest BCUT2D eigenvalue weighted by atomic mass is 9.83. The second-order valence-electron chi connectivity index (χ2n) is 13.5. The molecule has 0 aromatic rings. The van der Waals surface area contributed by atoms with E-state index in [9.17, 15) is 30.3 Å². The summed E-state index contributed by atoms with van der Waals surface area (Å²) in [6, 6.07) is -2.93. The standard InChI is InChI=1S/C29H59N7O10/c1-28(2,34-5)18-8-7-15(35-10-6-9-30)26(44-18)45-22-14(32)11-16(36-25(41)19(38)17(37)12-31)23(20(22)39)46-27-21(40)24(33-4)29(3,42)13-43-27/h14-24,26-27,33-35,37-40,42H,6-13,30-32H2,1-5H3,(H,36,41)/t14-,15+,16+,17?,18-,19?,20-,21+,22+,23-,24+,26+,27+,29-/m0/s1. The molecule has 3 rings (SSSR count). The Kier molecular flexibility index (Phi) is 14.5. The molecule has 2 saturated heterocycles. The van der Waals surface area contributed by atoms with Crippen molar-refractivity contribution in [3.63, 3.8) is 0 Å². The monoisotopic (exact) mass is 665 g/mol. The Hall–Kier alpha value is -1.13. The molecule has 0 aromatic carbocycles. The third-order valence-electron chi connectivity index (χ3n) is 9.55. The Morgan fingerprint density at radius 2 is 1.74 bits per heavy atom. The normalized spacial score (nSPS) is 40.3. The summed E-state index contributed by atoms with van der Waals surface area (Å²) in [5, 5.41) is 66.0. The molecular formula is C29H59N7O10. The molecule has 15 N–H and O–H groups in total. The number of carbonyl (C=O) groups excluding carboxylic acids is 1. The average molecular weight is 666 g/mol. The topological polar surface area (TPSA) is 281 Å². The van der Waals surface area contributed by atoms with E-state index in [1.165, 1.54) is 6.92 Å². The highest BCUT2D eigenvalue weighted by atomic mass is 16.7. The summed E-state index contributed by atoms with van der Waals surface area (Å²) in [6.07, 6.45) is -8.70. The van der Waals surface area contributed by atoms with Gasteiger partial charge in [0.25, 0.3) is 5.91 Å². The third kappa shape index (κ3) is 9.31. The molecule has 0 radical (unpaired) electrons. The molecule has 0 bridgehead atoms. The zero-order valence-electron chi connectivity index (χ0n) is 27.7. The van der Waals surface area contributed by atoms with Crippen molar-refractivity contribution in [2.45, 2.75) is 137 Å². The van der Waals surface area contributed by atoms with Crippen LogP contribution in [0.25, 0.3) is 0 Å². The van der Waals surface area contributed by atoms with Crippen LogP contribution in [0.15, 0.2) is 0 Å². The van der Waals surface area contributed by atoms with Crippen LogP contribution in [0.2, 0.25) is 0 Å². The first-order chi connectivity index (χ1) is 21.6. The highest BCUT2D eigenvalue weighted by Crippen LogP contribution is 2.34. The maximum atomic E-state index is 12.9. The summed E-state index contributed by atoms with van der Waals surface area (Å²) in [6.45, 7) is 6.13. The molecule has 2 heterocycles. The van der Waals surface area contributed by atoms with Gasteiger partial charge in [0.2, 0.25) is 0 Å². The fraction of sp³-hybridized carbons (Fsp3) is 0.966. The number of carbonyl (C=O) groups is 1. The minimum atomic E-state index is -1.85. The average Bonchev–Trinajstić information content (AvgIpc) is 3.01. The molecule has 17 nitrogen and oxygen atoms in total. The molecule has 0 spiro atoms. The summed E-state index contributed by atoms with van der Waals surface area (Å²) in [7, 11) is 3.42. The van der Waals surface area contributed by atoms with Gasteiger partial charge in [-0.25, -0.2) is 0 Å². The number of likely N-dealkylation sites (N-methyl/N-ethyl adjacent to an activating group) is 2. The van der Waals surface area contributed by atoms with Crippen LogP contribution in [-0.2, 0) is 23.7 Å². The molecule has 17 heteroatoms. The molecule has 1 aliphatic carbocycles. The molecule has 270 valence electrons. The summed E-state index contributed by atoms with van der Waals surface area (Å²) in [5.74, 6) is -0.951. The number of hydrogen-bond acceptors (Lipinski definition) is 16. The minimum Gasteiger partial charge on any atom is -0.389 e. The van der Waals surface area contributed by atoms with E-state index in [0.29, 0.717) is 13.1 Å². The van der Waals surface area contributed by atoms with E-state index >= 15 is 0 Å². The van der Waals surface area contributed by atoms with Gasteiger partial charge < -0.3 is 82.9 Å². The van der Waals surface area contributed by atoms with E-state index in [1.54, 1.807) is 7.05 Å². The lowest BCUT2D eigenvalue weighted by molar-refractivity contribution is -0.310. The largest absolute Gasteiger partial charge is 0.389 e. The van der Waals surface area contributed by atoms with Gasteiger partial charge in [0.15, 0.2) is 18.7 Å². The smallest absolute Gasteiger partial charge is 0.251 e. The fourth-order valence-electron chi connectivity index (χ4n) is 6.38. The van der Waals surface area contributed by atoms with Crippen LogP contribution in [0.3, 0.4) is 0 Å². The highest BCUT2D eigenvalue weighted by molar-refractivity contribution is 5.81. The second kappa shape index (κ2) is 17.0. The van der Waals surface area contributed by atoms with Gasteiger partial charge in [-0.1, -0.05) is 0 Å². The van der Waals surface area contributed by atoms with Gasteiger partial charge in [0.1, 0.15) is 36.1 Å². The van der Waals surface area contributed by atoms with Crippen molar-refractivity contribution >= 4 is 5.91 Å². The number of nitrogens with one attached hydrogen (secondary N) is 4. The second-order valence-corrected chi connectivity index (χ2v) is 13.5. The Labute approximate surface area is 271 Å². The molecule has 46 heavy (non-hydrogen) atoms. The molecule has 3 fully saturated rings. The predicted octanol–water partition coefficient (Wildman–Crippen LogP) is -5.12.